The van der Waals surface area contributed by atoms with E-state index >= 15 is 0 Å². The van der Waals surface area contributed by atoms with Gasteiger partial charge >= 0.3 is 0 Å². The van der Waals surface area contributed by atoms with Crippen molar-refractivity contribution in [2.24, 2.45) is 0 Å². The first-order valence-electron chi connectivity index (χ1n) is 5.37. The molecule has 17 heavy (non-hydrogen) atoms. The van der Waals surface area contributed by atoms with Gasteiger partial charge in [0, 0.05) is 18.7 Å². The van der Waals surface area contributed by atoms with E-state index in [1.165, 1.54) is 0 Å². The Morgan fingerprint density at radius 1 is 1.18 bits per heavy atom. The van der Waals surface area contributed by atoms with Gasteiger partial charge in [0.2, 0.25) is 0 Å². The molecule has 1 amide bonds. The van der Waals surface area contributed by atoms with Crippen LogP contribution in [-0.2, 0) is 0 Å². The van der Waals surface area contributed by atoms with Gasteiger partial charge in [-0.2, -0.15) is 0 Å². The van der Waals surface area contributed by atoms with Crippen molar-refractivity contribution in [3.8, 4) is 11.5 Å². The van der Waals surface area contributed by atoms with Gasteiger partial charge in [0.05, 0.1) is 14.2 Å². The average Bonchev–Trinajstić information content (AvgIpc) is 2.38. The topological polar surface area (TPSA) is 59.6 Å². The Kier molecular flexibility index (Phi) is 5.29. The van der Waals surface area contributed by atoms with Crippen molar-refractivity contribution in [3.63, 3.8) is 0 Å². The van der Waals surface area contributed by atoms with Gasteiger partial charge in [-0.3, -0.25) is 4.79 Å². The summed E-state index contributed by atoms with van der Waals surface area (Å²) in [6.07, 6.45) is 0. The summed E-state index contributed by atoms with van der Waals surface area (Å²) in [5.41, 5.74) is 0.554. The van der Waals surface area contributed by atoms with E-state index in [1.807, 2.05) is 7.05 Å². The van der Waals surface area contributed by atoms with Crippen LogP contribution in [0.5, 0.6) is 11.5 Å². The molecule has 0 aromatic heterocycles. The zero-order valence-electron chi connectivity index (χ0n) is 10.4. The number of carbonyl (C=O) groups excluding carboxylic acids is 1. The molecule has 5 heteroatoms. The lowest BCUT2D eigenvalue weighted by molar-refractivity contribution is 0.0953. The second-order valence-electron chi connectivity index (χ2n) is 3.43. The Bertz CT molecular complexity index is 380. The lowest BCUT2D eigenvalue weighted by Gasteiger charge is -2.09. The molecule has 0 bridgehead atoms. The second-order valence-corrected chi connectivity index (χ2v) is 3.43. The summed E-state index contributed by atoms with van der Waals surface area (Å²) < 4.78 is 10.2. The Hall–Kier alpha value is -1.75. The number of benzene rings is 1. The SMILES string of the molecule is CNCCNC(=O)c1ccc(OC)c(OC)c1. The van der Waals surface area contributed by atoms with Gasteiger partial charge in [-0.05, 0) is 25.2 Å². The summed E-state index contributed by atoms with van der Waals surface area (Å²) in [5, 5.41) is 5.75. The van der Waals surface area contributed by atoms with Gasteiger partial charge in [-0.15, -0.1) is 0 Å². The molecule has 0 aliphatic heterocycles. The van der Waals surface area contributed by atoms with Crippen LogP contribution in [0.15, 0.2) is 18.2 Å². The first-order valence-corrected chi connectivity index (χ1v) is 5.37. The van der Waals surface area contributed by atoms with Gasteiger partial charge in [-0.1, -0.05) is 0 Å². The fourth-order valence-electron chi connectivity index (χ4n) is 1.38. The molecule has 1 aromatic rings. The number of methoxy groups -OCH3 is 2. The monoisotopic (exact) mass is 238 g/mol. The Labute approximate surface area is 101 Å². The molecule has 0 heterocycles. The van der Waals surface area contributed by atoms with E-state index in [2.05, 4.69) is 10.6 Å². The molecular formula is C12H18N2O3. The van der Waals surface area contributed by atoms with Crippen LogP contribution in [0.2, 0.25) is 0 Å². The van der Waals surface area contributed by atoms with Gasteiger partial charge < -0.3 is 20.1 Å². The molecule has 1 aromatic carbocycles. The van der Waals surface area contributed by atoms with Crippen LogP contribution >= 0.6 is 0 Å². The van der Waals surface area contributed by atoms with Crippen LogP contribution in [0, 0.1) is 0 Å². The highest BCUT2D eigenvalue weighted by molar-refractivity contribution is 5.94. The summed E-state index contributed by atoms with van der Waals surface area (Å²) >= 11 is 0. The normalized spacial score (nSPS) is 9.82. The zero-order chi connectivity index (χ0) is 12.7. The number of hydrogen-bond acceptors (Lipinski definition) is 4. The predicted octanol–water partition coefficient (Wildman–Crippen LogP) is 0.653. The molecule has 2 N–H and O–H groups in total. The van der Waals surface area contributed by atoms with E-state index in [9.17, 15) is 4.79 Å². The van der Waals surface area contributed by atoms with Crippen LogP contribution in [0.25, 0.3) is 0 Å². The van der Waals surface area contributed by atoms with Crippen molar-refractivity contribution < 1.29 is 14.3 Å². The average molecular weight is 238 g/mol. The Morgan fingerprint density at radius 2 is 1.88 bits per heavy atom. The number of likely N-dealkylation sites (N-methyl/N-ethyl adjacent to an activating group) is 1. The van der Waals surface area contributed by atoms with Crippen LogP contribution < -0.4 is 20.1 Å². The molecule has 5 nitrogen and oxygen atoms in total. The molecule has 0 saturated carbocycles. The Morgan fingerprint density at radius 3 is 2.47 bits per heavy atom. The minimum Gasteiger partial charge on any atom is -0.493 e. The number of hydrogen-bond donors (Lipinski definition) is 2. The lowest BCUT2D eigenvalue weighted by atomic mass is 10.2. The predicted molar refractivity (Wildman–Crippen MR) is 65.8 cm³/mol. The molecule has 0 fully saturated rings. The van der Waals surface area contributed by atoms with E-state index in [4.69, 9.17) is 9.47 Å². The minimum atomic E-state index is -0.124. The van der Waals surface area contributed by atoms with Crippen molar-refractivity contribution in [2.75, 3.05) is 34.4 Å². The van der Waals surface area contributed by atoms with Gasteiger partial charge in [0.25, 0.3) is 5.91 Å². The van der Waals surface area contributed by atoms with E-state index in [0.29, 0.717) is 23.6 Å². The van der Waals surface area contributed by atoms with E-state index in [-0.39, 0.29) is 5.91 Å². The highest BCUT2D eigenvalue weighted by Crippen LogP contribution is 2.27. The summed E-state index contributed by atoms with van der Waals surface area (Å²) in [5.74, 6) is 1.04. The summed E-state index contributed by atoms with van der Waals surface area (Å²) in [7, 11) is 4.94. The maximum atomic E-state index is 11.8. The molecule has 0 radical (unpaired) electrons. The second kappa shape index (κ2) is 6.75. The van der Waals surface area contributed by atoms with Gasteiger partial charge in [-0.25, -0.2) is 0 Å². The third-order valence-electron chi connectivity index (χ3n) is 2.31. The minimum absolute atomic E-state index is 0.124. The van der Waals surface area contributed by atoms with E-state index in [1.54, 1.807) is 32.4 Å². The molecule has 0 saturated heterocycles. The smallest absolute Gasteiger partial charge is 0.251 e. The molecule has 0 aliphatic carbocycles. The van der Waals surface area contributed by atoms with Crippen molar-refractivity contribution in [3.05, 3.63) is 23.8 Å². The Balaban J connectivity index is 2.74. The lowest BCUT2D eigenvalue weighted by Crippen LogP contribution is -2.30. The number of rotatable bonds is 6. The maximum Gasteiger partial charge on any atom is 0.251 e. The highest BCUT2D eigenvalue weighted by Gasteiger charge is 2.09. The van der Waals surface area contributed by atoms with Crippen molar-refractivity contribution >= 4 is 5.91 Å². The standard InChI is InChI=1S/C12H18N2O3/c1-13-6-7-14-12(15)9-4-5-10(16-2)11(8-9)17-3/h4-5,8,13H,6-7H2,1-3H3,(H,14,15). The van der Waals surface area contributed by atoms with Crippen molar-refractivity contribution in [1.29, 1.82) is 0 Å². The van der Waals surface area contributed by atoms with Crippen LogP contribution in [0.4, 0.5) is 0 Å². The number of nitrogens with one attached hydrogen (secondary N) is 2. The van der Waals surface area contributed by atoms with Crippen LogP contribution in [-0.4, -0.2) is 40.3 Å². The molecule has 0 unspecified atom stereocenters. The number of ether oxygens (including phenoxy) is 2. The van der Waals surface area contributed by atoms with Crippen molar-refractivity contribution in [1.82, 2.24) is 10.6 Å². The fourth-order valence-corrected chi connectivity index (χ4v) is 1.38. The van der Waals surface area contributed by atoms with Gasteiger partial charge in [0.1, 0.15) is 0 Å². The summed E-state index contributed by atoms with van der Waals surface area (Å²) in [6, 6.07) is 5.08. The first kappa shape index (κ1) is 13.3. The van der Waals surface area contributed by atoms with Crippen LogP contribution in [0.1, 0.15) is 10.4 Å². The largest absolute Gasteiger partial charge is 0.493 e. The first-order chi connectivity index (χ1) is 8.22. The molecule has 0 spiro atoms. The number of carbonyl (C=O) groups is 1. The maximum absolute atomic E-state index is 11.8. The fraction of sp³-hybridized carbons (Fsp3) is 0.417. The molecule has 0 aliphatic rings. The summed E-state index contributed by atoms with van der Waals surface area (Å²) in [6.45, 7) is 1.32. The van der Waals surface area contributed by atoms with Gasteiger partial charge in [0.15, 0.2) is 11.5 Å². The number of amides is 1. The summed E-state index contributed by atoms with van der Waals surface area (Å²) in [4.78, 5) is 11.8. The van der Waals surface area contributed by atoms with E-state index in [0.717, 1.165) is 6.54 Å². The molecule has 0 atom stereocenters. The molecule has 94 valence electrons. The van der Waals surface area contributed by atoms with Crippen LogP contribution in [0.3, 0.4) is 0 Å². The highest BCUT2D eigenvalue weighted by atomic mass is 16.5. The molecular weight excluding hydrogens is 220 g/mol. The third-order valence-corrected chi connectivity index (χ3v) is 2.31. The van der Waals surface area contributed by atoms with Crippen molar-refractivity contribution in [2.45, 2.75) is 0 Å². The molecule has 1 rings (SSSR count). The quantitative estimate of drug-likeness (QED) is 0.715. The zero-order valence-corrected chi connectivity index (χ0v) is 10.4. The third kappa shape index (κ3) is 3.64. The van der Waals surface area contributed by atoms with E-state index < -0.39 is 0 Å².